The molecule has 0 saturated heterocycles. The van der Waals surface area contributed by atoms with Crippen LogP contribution >= 0.6 is 0 Å². The van der Waals surface area contributed by atoms with Gasteiger partial charge in [-0.2, -0.15) is 0 Å². The maximum absolute atomic E-state index is 4.76. The Balaban J connectivity index is 1.60. The van der Waals surface area contributed by atoms with E-state index in [1.54, 1.807) is 11.1 Å². The zero-order chi connectivity index (χ0) is 16.4. The Bertz CT molecular complexity index is 944. The smallest absolute Gasteiger partial charge is 0.0780 e. The Hall–Kier alpha value is -2.15. The van der Waals surface area contributed by atoms with Gasteiger partial charge in [0.2, 0.25) is 0 Å². The Labute approximate surface area is 149 Å². The molecule has 1 heterocycles. The second-order valence-corrected chi connectivity index (χ2v) is 8.53. The van der Waals surface area contributed by atoms with Crippen molar-refractivity contribution in [2.24, 2.45) is 11.8 Å². The highest BCUT2D eigenvalue weighted by molar-refractivity contribution is 5.95. The molecule has 2 fully saturated rings. The van der Waals surface area contributed by atoms with Gasteiger partial charge in [-0.15, -0.1) is 0 Å². The molecule has 2 unspecified atom stereocenters. The standard InChI is InChI=1S/C24H23N/c1-2-4-17(5-3-1)24-23-14-22-20-11-15-8-16(12-20)10-19(9-15)21(22)13-18(23)6-7-25-24/h1-7,13-16,19-20H,8-12H2. The minimum atomic E-state index is 0.791. The van der Waals surface area contributed by atoms with Crippen molar-refractivity contribution in [2.75, 3.05) is 0 Å². The first-order valence-corrected chi connectivity index (χ1v) is 9.83. The number of nitrogens with zero attached hydrogens (tertiary/aromatic N) is 1. The molecular weight excluding hydrogens is 302 g/mol. The van der Waals surface area contributed by atoms with Crippen molar-refractivity contribution in [3.63, 3.8) is 0 Å². The first-order valence-electron chi connectivity index (χ1n) is 9.83. The zero-order valence-corrected chi connectivity index (χ0v) is 14.5. The highest BCUT2D eigenvalue weighted by Gasteiger charge is 2.42. The van der Waals surface area contributed by atoms with Crippen molar-refractivity contribution in [1.29, 1.82) is 0 Å². The Morgan fingerprint density at radius 1 is 0.720 bits per heavy atom. The summed E-state index contributed by atoms with van der Waals surface area (Å²) < 4.78 is 0. The molecule has 2 saturated carbocycles. The third-order valence-corrected chi connectivity index (χ3v) is 7.03. The van der Waals surface area contributed by atoms with Crippen LogP contribution in [-0.4, -0.2) is 4.98 Å². The van der Waals surface area contributed by atoms with Crippen LogP contribution in [0.3, 0.4) is 0 Å². The molecule has 7 rings (SSSR count). The molecule has 1 aromatic heterocycles. The molecule has 4 aliphatic rings. The van der Waals surface area contributed by atoms with Crippen LogP contribution in [0.4, 0.5) is 0 Å². The molecule has 124 valence electrons. The van der Waals surface area contributed by atoms with Crippen LogP contribution in [-0.2, 0) is 0 Å². The summed E-state index contributed by atoms with van der Waals surface area (Å²) in [6.45, 7) is 0. The summed E-state index contributed by atoms with van der Waals surface area (Å²) in [6, 6.07) is 17.9. The van der Waals surface area contributed by atoms with Crippen LogP contribution in [0.5, 0.6) is 0 Å². The van der Waals surface area contributed by atoms with Gasteiger partial charge in [-0.25, -0.2) is 0 Å². The second-order valence-electron chi connectivity index (χ2n) is 8.53. The van der Waals surface area contributed by atoms with Gasteiger partial charge in [0, 0.05) is 17.1 Å². The lowest BCUT2D eigenvalue weighted by Gasteiger charge is -2.38. The lowest BCUT2D eigenvalue weighted by atomic mass is 9.67. The average molecular weight is 325 g/mol. The van der Waals surface area contributed by atoms with E-state index in [0.717, 1.165) is 29.4 Å². The van der Waals surface area contributed by atoms with Crippen LogP contribution in [0.1, 0.15) is 55.1 Å². The molecule has 3 aromatic rings. The summed E-state index contributed by atoms with van der Waals surface area (Å²) in [6.07, 6.45) is 9.19. The number of hydrogen-bond donors (Lipinski definition) is 0. The predicted molar refractivity (Wildman–Crippen MR) is 103 cm³/mol. The van der Waals surface area contributed by atoms with Crippen molar-refractivity contribution >= 4 is 10.8 Å². The molecule has 0 amide bonds. The molecule has 1 nitrogen and oxygen atoms in total. The van der Waals surface area contributed by atoms with Gasteiger partial charge in [0.25, 0.3) is 0 Å². The maximum Gasteiger partial charge on any atom is 0.0780 e. The first kappa shape index (κ1) is 14.1. The summed E-state index contributed by atoms with van der Waals surface area (Å²) in [5.74, 6) is 3.55. The van der Waals surface area contributed by atoms with E-state index >= 15 is 0 Å². The molecule has 0 spiro atoms. The van der Waals surface area contributed by atoms with Crippen LogP contribution in [0.25, 0.3) is 22.0 Å². The Morgan fingerprint density at radius 2 is 1.40 bits per heavy atom. The van der Waals surface area contributed by atoms with E-state index in [2.05, 4.69) is 48.5 Å². The fraction of sp³-hybridized carbons (Fsp3) is 0.375. The molecular formula is C24H23N. The zero-order valence-electron chi connectivity index (χ0n) is 14.5. The van der Waals surface area contributed by atoms with Gasteiger partial charge in [0.1, 0.15) is 0 Å². The SMILES string of the molecule is c1ccc(-c2nccc3cc4c(cc23)C2CC3CC(CC4C3)C2)cc1. The quantitative estimate of drug-likeness (QED) is 0.512. The molecule has 0 radical (unpaired) electrons. The van der Waals surface area contributed by atoms with E-state index < -0.39 is 0 Å². The van der Waals surface area contributed by atoms with E-state index in [4.69, 9.17) is 4.98 Å². The van der Waals surface area contributed by atoms with Crippen molar-refractivity contribution in [2.45, 2.75) is 43.9 Å². The van der Waals surface area contributed by atoms with Gasteiger partial charge in [0.15, 0.2) is 0 Å². The highest BCUT2D eigenvalue weighted by Crippen LogP contribution is 2.56. The molecule has 2 aromatic carbocycles. The van der Waals surface area contributed by atoms with Crippen molar-refractivity contribution in [3.05, 3.63) is 65.9 Å². The normalized spacial score (nSPS) is 29.6. The highest BCUT2D eigenvalue weighted by atomic mass is 14.7. The number of aromatic nitrogens is 1. The second kappa shape index (κ2) is 5.17. The lowest BCUT2D eigenvalue weighted by molar-refractivity contribution is 0.166. The van der Waals surface area contributed by atoms with Crippen molar-refractivity contribution in [3.8, 4) is 11.3 Å². The van der Waals surface area contributed by atoms with Gasteiger partial charge < -0.3 is 0 Å². The van der Waals surface area contributed by atoms with Gasteiger partial charge in [-0.1, -0.05) is 36.4 Å². The van der Waals surface area contributed by atoms with Gasteiger partial charge >= 0.3 is 0 Å². The van der Waals surface area contributed by atoms with Crippen molar-refractivity contribution < 1.29 is 0 Å². The summed E-state index contributed by atoms with van der Waals surface area (Å²) >= 11 is 0. The Kier molecular flexibility index (Phi) is 2.91. The number of hydrogen-bond acceptors (Lipinski definition) is 1. The number of fused-ring (bicyclic) bond motifs is 1. The Morgan fingerprint density at radius 3 is 2.12 bits per heavy atom. The summed E-state index contributed by atoms with van der Waals surface area (Å²) in [7, 11) is 0. The number of rotatable bonds is 1. The molecule has 4 aliphatic carbocycles. The third-order valence-electron chi connectivity index (χ3n) is 7.03. The fourth-order valence-corrected chi connectivity index (χ4v) is 6.15. The molecule has 0 aliphatic heterocycles. The maximum atomic E-state index is 4.76. The minimum Gasteiger partial charge on any atom is -0.256 e. The van der Waals surface area contributed by atoms with E-state index in [1.807, 2.05) is 6.20 Å². The van der Waals surface area contributed by atoms with Crippen LogP contribution in [0.2, 0.25) is 0 Å². The van der Waals surface area contributed by atoms with Crippen LogP contribution in [0, 0.1) is 11.8 Å². The molecule has 2 atom stereocenters. The minimum absolute atomic E-state index is 0.791. The summed E-state index contributed by atoms with van der Waals surface area (Å²) in [5.41, 5.74) is 5.71. The average Bonchev–Trinajstić information content (AvgIpc) is 2.81. The van der Waals surface area contributed by atoms with E-state index in [9.17, 15) is 0 Å². The topological polar surface area (TPSA) is 12.9 Å². The lowest BCUT2D eigenvalue weighted by Crippen LogP contribution is -2.25. The molecule has 1 heteroatoms. The summed E-state index contributed by atoms with van der Waals surface area (Å²) in [4.78, 5) is 4.76. The fourth-order valence-electron chi connectivity index (χ4n) is 6.15. The van der Waals surface area contributed by atoms with E-state index in [0.29, 0.717) is 0 Å². The largest absolute Gasteiger partial charge is 0.256 e. The first-order chi connectivity index (χ1) is 12.3. The van der Waals surface area contributed by atoms with Crippen molar-refractivity contribution in [1.82, 2.24) is 4.98 Å². The van der Waals surface area contributed by atoms with E-state index in [-0.39, 0.29) is 0 Å². The van der Waals surface area contributed by atoms with E-state index in [1.165, 1.54) is 48.4 Å². The predicted octanol–water partition coefficient (Wildman–Crippen LogP) is 6.29. The van der Waals surface area contributed by atoms with Gasteiger partial charge in [0.05, 0.1) is 5.69 Å². The van der Waals surface area contributed by atoms with Crippen LogP contribution < -0.4 is 0 Å². The monoisotopic (exact) mass is 325 g/mol. The third kappa shape index (κ3) is 2.11. The molecule has 0 N–H and O–H groups in total. The van der Waals surface area contributed by atoms with Gasteiger partial charge in [-0.05, 0) is 84.4 Å². The van der Waals surface area contributed by atoms with Gasteiger partial charge in [-0.3, -0.25) is 4.98 Å². The number of pyridine rings is 1. The molecule has 4 bridgehead atoms. The number of benzene rings is 2. The molecule has 25 heavy (non-hydrogen) atoms. The summed E-state index contributed by atoms with van der Waals surface area (Å²) in [5, 5.41) is 2.71. The van der Waals surface area contributed by atoms with Crippen LogP contribution in [0.15, 0.2) is 54.7 Å².